The van der Waals surface area contributed by atoms with Gasteiger partial charge in [-0.05, 0) is 6.92 Å². The fourth-order valence-electron chi connectivity index (χ4n) is 0.185. The van der Waals surface area contributed by atoms with E-state index < -0.39 is 7.75 Å². The summed E-state index contributed by atoms with van der Waals surface area (Å²) in [5.74, 6) is 0. The van der Waals surface area contributed by atoms with Crippen LogP contribution in [0.3, 0.4) is 0 Å². The van der Waals surface area contributed by atoms with Crippen LogP contribution >= 0.6 is 7.75 Å². The van der Waals surface area contributed by atoms with Crippen molar-refractivity contribution in [3.05, 3.63) is 0 Å². The predicted molar refractivity (Wildman–Crippen MR) is 25.6 cm³/mol. The lowest BCUT2D eigenvalue weighted by molar-refractivity contribution is 0.274. The SMILES string of the molecule is CCO[P@](N)(=O)O. The predicted octanol–water partition coefficient (Wildman–Crippen LogP) is 0.0820. The minimum atomic E-state index is -3.67. The van der Waals surface area contributed by atoms with Crippen LogP contribution in [-0.4, -0.2) is 11.5 Å². The van der Waals surface area contributed by atoms with Gasteiger partial charge in [0.05, 0.1) is 6.61 Å². The molecule has 3 N–H and O–H groups in total. The van der Waals surface area contributed by atoms with E-state index in [0.717, 1.165) is 0 Å². The third-order valence-corrected chi connectivity index (χ3v) is 0.942. The van der Waals surface area contributed by atoms with Crippen LogP contribution in [0.25, 0.3) is 0 Å². The van der Waals surface area contributed by atoms with Gasteiger partial charge in [0.25, 0.3) is 0 Å². The third-order valence-electron chi connectivity index (χ3n) is 0.314. The molecule has 0 saturated carbocycles. The van der Waals surface area contributed by atoms with E-state index in [1.54, 1.807) is 6.92 Å². The molecule has 0 aliphatic carbocycles. The fraction of sp³-hybridized carbons (Fsp3) is 1.00. The summed E-state index contributed by atoms with van der Waals surface area (Å²) in [6.45, 7) is 1.76. The average molecular weight is 125 g/mol. The van der Waals surface area contributed by atoms with Crippen LogP contribution < -0.4 is 5.50 Å². The molecule has 0 rings (SSSR count). The first-order valence-corrected chi connectivity index (χ1v) is 3.47. The van der Waals surface area contributed by atoms with E-state index in [1.807, 2.05) is 0 Å². The van der Waals surface area contributed by atoms with Crippen LogP contribution in [0, 0.1) is 0 Å². The number of hydrogen-bond donors (Lipinski definition) is 2. The summed E-state index contributed by atoms with van der Waals surface area (Å²) in [5.41, 5.74) is 4.53. The monoisotopic (exact) mass is 125 g/mol. The van der Waals surface area contributed by atoms with E-state index in [4.69, 9.17) is 4.89 Å². The molecule has 0 unspecified atom stereocenters. The highest BCUT2D eigenvalue weighted by atomic mass is 31.2. The Bertz CT molecular complexity index is 86.9. The Morgan fingerprint density at radius 1 is 2.00 bits per heavy atom. The summed E-state index contributed by atoms with van der Waals surface area (Å²) in [6, 6.07) is 0. The number of hydrogen-bond acceptors (Lipinski definition) is 2. The second-order valence-electron chi connectivity index (χ2n) is 0.982. The minimum Gasteiger partial charge on any atom is -0.313 e. The van der Waals surface area contributed by atoms with Gasteiger partial charge < -0.3 is 4.89 Å². The van der Waals surface area contributed by atoms with Crippen LogP contribution in [0.15, 0.2) is 0 Å². The molecular weight excluding hydrogens is 117 g/mol. The van der Waals surface area contributed by atoms with E-state index in [-0.39, 0.29) is 6.61 Å². The molecule has 4 nitrogen and oxygen atoms in total. The Hall–Kier alpha value is 0.110. The van der Waals surface area contributed by atoms with Gasteiger partial charge in [-0.3, -0.25) is 4.52 Å². The van der Waals surface area contributed by atoms with Gasteiger partial charge in [-0.15, -0.1) is 0 Å². The molecule has 0 aromatic rings. The van der Waals surface area contributed by atoms with Crippen LogP contribution in [0.5, 0.6) is 0 Å². The van der Waals surface area contributed by atoms with Crippen molar-refractivity contribution in [1.29, 1.82) is 0 Å². The first-order chi connectivity index (χ1) is 3.06. The molecule has 0 aromatic heterocycles. The average Bonchev–Trinajstić information content (AvgIpc) is 1.30. The first kappa shape index (κ1) is 7.11. The lowest BCUT2D eigenvalue weighted by Gasteiger charge is -2.00. The molecule has 0 aliphatic heterocycles. The molecule has 0 spiro atoms. The Balaban J connectivity index is 3.36. The number of rotatable bonds is 2. The zero-order valence-corrected chi connectivity index (χ0v) is 4.89. The van der Waals surface area contributed by atoms with Crippen molar-refractivity contribution in [2.45, 2.75) is 6.92 Å². The van der Waals surface area contributed by atoms with Gasteiger partial charge in [0.1, 0.15) is 0 Å². The highest BCUT2D eigenvalue weighted by molar-refractivity contribution is 7.50. The van der Waals surface area contributed by atoms with E-state index in [2.05, 4.69) is 10.0 Å². The molecule has 0 saturated heterocycles. The van der Waals surface area contributed by atoms with Crippen molar-refractivity contribution < 1.29 is 14.0 Å². The highest BCUT2D eigenvalue weighted by Crippen LogP contribution is 2.29. The van der Waals surface area contributed by atoms with E-state index in [1.165, 1.54) is 0 Å². The van der Waals surface area contributed by atoms with Crippen LogP contribution in [-0.2, 0) is 9.09 Å². The van der Waals surface area contributed by atoms with Gasteiger partial charge in [-0.25, -0.2) is 10.1 Å². The molecule has 0 amide bonds. The van der Waals surface area contributed by atoms with E-state index in [0.29, 0.717) is 0 Å². The molecule has 0 radical (unpaired) electrons. The Labute approximate surface area is 41.9 Å². The molecule has 1 atom stereocenters. The second-order valence-corrected chi connectivity index (χ2v) is 2.37. The normalized spacial score (nSPS) is 18.7. The van der Waals surface area contributed by atoms with Gasteiger partial charge in [0.15, 0.2) is 0 Å². The summed E-state index contributed by atoms with van der Waals surface area (Å²) >= 11 is 0. The van der Waals surface area contributed by atoms with Crippen molar-refractivity contribution in [2.75, 3.05) is 6.61 Å². The minimum absolute atomic E-state index is 0.171. The van der Waals surface area contributed by atoms with E-state index in [9.17, 15) is 4.57 Å². The van der Waals surface area contributed by atoms with Gasteiger partial charge in [-0.2, -0.15) is 0 Å². The Kier molecular flexibility index (Phi) is 2.46. The van der Waals surface area contributed by atoms with E-state index >= 15 is 0 Å². The number of nitrogens with two attached hydrogens (primary N) is 1. The molecule has 0 fully saturated rings. The van der Waals surface area contributed by atoms with Gasteiger partial charge in [0.2, 0.25) is 0 Å². The van der Waals surface area contributed by atoms with Crippen molar-refractivity contribution in [3.63, 3.8) is 0 Å². The summed E-state index contributed by atoms with van der Waals surface area (Å²) in [4.78, 5) is 8.13. The molecule has 0 aliphatic rings. The van der Waals surface area contributed by atoms with Gasteiger partial charge in [-0.1, -0.05) is 0 Å². The Morgan fingerprint density at radius 3 is 2.43 bits per heavy atom. The standard InChI is InChI=1S/C2H8NO3P/c1-2-6-7(3,4)5/h2H2,1H3,(H3,3,4,5). The zero-order chi connectivity index (χ0) is 5.91. The van der Waals surface area contributed by atoms with Crippen molar-refractivity contribution >= 4 is 7.75 Å². The van der Waals surface area contributed by atoms with Gasteiger partial charge >= 0.3 is 7.75 Å². The van der Waals surface area contributed by atoms with Gasteiger partial charge in [0, 0.05) is 0 Å². The van der Waals surface area contributed by atoms with Crippen LogP contribution in [0.2, 0.25) is 0 Å². The lowest BCUT2D eigenvalue weighted by Crippen LogP contribution is -1.96. The quantitative estimate of drug-likeness (QED) is 0.512. The third kappa shape index (κ3) is 6.11. The maximum Gasteiger partial charge on any atom is 0.400 e. The summed E-state index contributed by atoms with van der Waals surface area (Å²) < 4.78 is 14.0. The smallest absolute Gasteiger partial charge is 0.313 e. The van der Waals surface area contributed by atoms with Crippen molar-refractivity contribution in [2.24, 2.45) is 5.50 Å². The molecule has 0 bridgehead atoms. The first-order valence-electron chi connectivity index (χ1n) is 1.82. The largest absolute Gasteiger partial charge is 0.400 e. The Morgan fingerprint density at radius 2 is 2.43 bits per heavy atom. The molecular formula is C2H8NO3P. The summed E-state index contributed by atoms with van der Waals surface area (Å²) in [7, 11) is -3.67. The van der Waals surface area contributed by atoms with Crippen LogP contribution in [0.1, 0.15) is 6.92 Å². The molecule has 5 heteroatoms. The lowest BCUT2D eigenvalue weighted by atomic mass is 10.9. The van der Waals surface area contributed by atoms with Crippen molar-refractivity contribution in [1.82, 2.24) is 0 Å². The summed E-state index contributed by atoms with van der Waals surface area (Å²) in [6.07, 6.45) is 0. The maximum absolute atomic E-state index is 9.93. The van der Waals surface area contributed by atoms with Crippen molar-refractivity contribution in [3.8, 4) is 0 Å². The zero-order valence-electron chi connectivity index (χ0n) is 4.00. The fourth-order valence-corrected chi connectivity index (χ4v) is 0.555. The molecule has 0 aromatic carbocycles. The highest BCUT2D eigenvalue weighted by Gasteiger charge is 2.06. The molecule has 0 heterocycles. The topological polar surface area (TPSA) is 72.5 Å². The second kappa shape index (κ2) is 2.43. The van der Waals surface area contributed by atoms with Crippen LogP contribution in [0.4, 0.5) is 0 Å². The maximum atomic E-state index is 9.93. The summed E-state index contributed by atoms with van der Waals surface area (Å²) in [5, 5.41) is 0. The molecule has 44 valence electrons. The molecule has 7 heavy (non-hydrogen) atoms.